The van der Waals surface area contributed by atoms with Crippen LogP contribution in [0.5, 0.6) is 5.75 Å². The van der Waals surface area contributed by atoms with Crippen LogP contribution >= 0.6 is 23.1 Å². The van der Waals surface area contributed by atoms with E-state index >= 15 is 0 Å². The van der Waals surface area contributed by atoms with Crippen molar-refractivity contribution in [1.82, 2.24) is 20.2 Å². The summed E-state index contributed by atoms with van der Waals surface area (Å²) in [5.74, 6) is 1.40. The molecule has 4 aromatic rings. The molecule has 0 fully saturated rings. The number of amides is 1. The number of benzene rings is 2. The van der Waals surface area contributed by atoms with E-state index < -0.39 is 0 Å². The number of ether oxygens (including phenoxy) is 1. The number of nitrogens with zero attached hydrogens (tertiary/aromatic N) is 4. The largest absolute Gasteiger partial charge is 0.497 e. The molecule has 1 N–H and O–H groups in total. The highest BCUT2D eigenvalue weighted by Crippen LogP contribution is 2.28. The van der Waals surface area contributed by atoms with E-state index in [0.29, 0.717) is 11.0 Å². The van der Waals surface area contributed by atoms with Gasteiger partial charge < -0.3 is 4.74 Å². The first-order chi connectivity index (χ1) is 15.2. The van der Waals surface area contributed by atoms with Crippen molar-refractivity contribution < 1.29 is 9.53 Å². The van der Waals surface area contributed by atoms with Crippen molar-refractivity contribution in [3.8, 4) is 22.8 Å². The quantitative estimate of drug-likeness (QED) is 0.247. The Kier molecular flexibility index (Phi) is 6.75. The number of aromatic nitrogens is 3. The molecular weight excluding hydrogens is 430 g/mol. The monoisotopic (exact) mass is 449 g/mol. The number of carbonyl (C=O) groups excluding carboxylic acids is 1. The number of hydrazone groups is 1. The summed E-state index contributed by atoms with van der Waals surface area (Å²) in [5.41, 5.74) is 4.36. The molecule has 1 amide bonds. The minimum Gasteiger partial charge on any atom is -0.497 e. The SMILES string of the molecule is COc1ccc(-n2c(SCC(=O)N/N=C\c3cccs3)nnc2-c2ccccc2)cc1. The van der Waals surface area contributed by atoms with Gasteiger partial charge in [-0.05, 0) is 35.7 Å². The molecule has 7 nitrogen and oxygen atoms in total. The van der Waals surface area contributed by atoms with Crippen LogP contribution in [0, 0.1) is 0 Å². The summed E-state index contributed by atoms with van der Waals surface area (Å²) < 4.78 is 7.20. The van der Waals surface area contributed by atoms with Gasteiger partial charge in [-0.15, -0.1) is 21.5 Å². The molecule has 2 aromatic carbocycles. The molecule has 0 saturated carbocycles. The molecular formula is C22H19N5O2S2. The van der Waals surface area contributed by atoms with Crippen molar-refractivity contribution in [3.05, 3.63) is 77.0 Å². The van der Waals surface area contributed by atoms with Crippen molar-refractivity contribution in [1.29, 1.82) is 0 Å². The maximum absolute atomic E-state index is 12.2. The standard InChI is InChI=1S/C22H19N5O2S2/c1-29-18-11-9-17(10-12-18)27-21(16-6-3-2-4-7-16)25-26-22(27)31-15-20(28)24-23-14-19-8-5-13-30-19/h2-14H,15H2,1H3,(H,24,28)/b23-14-. The number of hydrogen-bond donors (Lipinski definition) is 1. The highest BCUT2D eigenvalue weighted by atomic mass is 32.2. The lowest BCUT2D eigenvalue weighted by molar-refractivity contribution is -0.118. The second-order valence-electron chi connectivity index (χ2n) is 6.30. The minimum atomic E-state index is -0.219. The first-order valence-corrected chi connectivity index (χ1v) is 11.2. The van der Waals surface area contributed by atoms with E-state index in [0.717, 1.165) is 21.9 Å². The summed E-state index contributed by atoms with van der Waals surface area (Å²) in [6.07, 6.45) is 1.63. The predicted molar refractivity (Wildman–Crippen MR) is 124 cm³/mol. The third kappa shape index (κ3) is 5.19. The molecule has 0 spiro atoms. The van der Waals surface area contributed by atoms with Gasteiger partial charge in [0.15, 0.2) is 11.0 Å². The van der Waals surface area contributed by atoms with Gasteiger partial charge in [0.25, 0.3) is 5.91 Å². The molecule has 0 bridgehead atoms. The van der Waals surface area contributed by atoms with Crippen LogP contribution in [0.15, 0.2) is 82.4 Å². The molecule has 31 heavy (non-hydrogen) atoms. The Bertz CT molecular complexity index is 1160. The van der Waals surface area contributed by atoms with Gasteiger partial charge in [-0.2, -0.15) is 5.10 Å². The molecule has 0 unspecified atom stereocenters. The average molecular weight is 450 g/mol. The topological polar surface area (TPSA) is 81.4 Å². The molecule has 0 atom stereocenters. The Balaban J connectivity index is 1.54. The van der Waals surface area contributed by atoms with Crippen LogP contribution in [0.2, 0.25) is 0 Å². The Morgan fingerprint density at radius 3 is 2.65 bits per heavy atom. The molecule has 9 heteroatoms. The zero-order valence-corrected chi connectivity index (χ0v) is 18.3. The zero-order valence-electron chi connectivity index (χ0n) is 16.6. The normalized spacial score (nSPS) is 11.0. The molecule has 2 heterocycles. The van der Waals surface area contributed by atoms with Crippen LogP contribution in [0.25, 0.3) is 17.1 Å². The molecule has 156 valence electrons. The molecule has 4 rings (SSSR count). The fourth-order valence-corrected chi connectivity index (χ4v) is 4.13. The van der Waals surface area contributed by atoms with Crippen LogP contribution in [-0.4, -0.2) is 39.7 Å². The summed E-state index contributed by atoms with van der Waals surface area (Å²) in [4.78, 5) is 13.2. The number of thioether (sulfide) groups is 1. The van der Waals surface area contributed by atoms with Crippen LogP contribution in [0.4, 0.5) is 0 Å². The zero-order chi connectivity index (χ0) is 21.5. The van der Waals surface area contributed by atoms with E-state index in [4.69, 9.17) is 4.74 Å². The first kappa shape index (κ1) is 20.8. The fourth-order valence-electron chi connectivity index (χ4n) is 2.80. The first-order valence-electron chi connectivity index (χ1n) is 9.38. The molecule has 0 aliphatic carbocycles. The van der Waals surface area contributed by atoms with Crippen molar-refractivity contribution in [2.24, 2.45) is 5.10 Å². The van der Waals surface area contributed by atoms with Crippen molar-refractivity contribution >= 4 is 35.2 Å². The van der Waals surface area contributed by atoms with E-state index in [9.17, 15) is 4.79 Å². The van der Waals surface area contributed by atoms with Crippen LogP contribution in [0.3, 0.4) is 0 Å². The van der Waals surface area contributed by atoms with Gasteiger partial charge in [-0.25, -0.2) is 5.43 Å². The van der Waals surface area contributed by atoms with Gasteiger partial charge in [0.05, 0.1) is 19.1 Å². The van der Waals surface area contributed by atoms with Crippen molar-refractivity contribution in [2.45, 2.75) is 5.16 Å². The Morgan fingerprint density at radius 2 is 1.94 bits per heavy atom. The van der Waals surface area contributed by atoms with Gasteiger partial charge in [-0.3, -0.25) is 9.36 Å². The van der Waals surface area contributed by atoms with Gasteiger partial charge in [-0.1, -0.05) is 48.2 Å². The molecule has 0 aliphatic rings. The number of thiophene rings is 1. The average Bonchev–Trinajstić information content (AvgIpc) is 3.48. The van der Waals surface area contributed by atoms with Crippen LogP contribution < -0.4 is 10.2 Å². The van der Waals surface area contributed by atoms with Gasteiger partial charge in [0.1, 0.15) is 5.75 Å². The smallest absolute Gasteiger partial charge is 0.250 e. The van der Waals surface area contributed by atoms with Gasteiger partial charge in [0, 0.05) is 16.1 Å². The number of methoxy groups -OCH3 is 1. The lowest BCUT2D eigenvalue weighted by atomic mass is 10.2. The summed E-state index contributed by atoms with van der Waals surface area (Å²) in [6, 6.07) is 21.3. The van der Waals surface area contributed by atoms with Crippen LogP contribution in [-0.2, 0) is 4.79 Å². The second-order valence-corrected chi connectivity index (χ2v) is 8.22. The van der Waals surface area contributed by atoms with E-state index in [1.807, 2.05) is 76.7 Å². The Morgan fingerprint density at radius 1 is 1.13 bits per heavy atom. The Hall–Kier alpha value is -3.43. The number of nitrogens with one attached hydrogen (secondary N) is 1. The maximum atomic E-state index is 12.2. The second kappa shape index (κ2) is 10.1. The third-order valence-corrected chi connectivity index (χ3v) is 5.99. The Labute approximate surface area is 187 Å². The van der Waals surface area contributed by atoms with Crippen molar-refractivity contribution in [2.75, 3.05) is 12.9 Å². The molecule has 0 radical (unpaired) electrons. The number of carbonyl (C=O) groups is 1. The summed E-state index contributed by atoms with van der Waals surface area (Å²) >= 11 is 2.85. The van der Waals surface area contributed by atoms with E-state index in [2.05, 4.69) is 20.7 Å². The maximum Gasteiger partial charge on any atom is 0.250 e. The number of rotatable bonds is 8. The lowest BCUT2D eigenvalue weighted by Gasteiger charge is -2.11. The van der Waals surface area contributed by atoms with Gasteiger partial charge in [0.2, 0.25) is 0 Å². The predicted octanol–water partition coefficient (Wildman–Crippen LogP) is 4.25. The molecule has 0 saturated heterocycles. The summed E-state index contributed by atoms with van der Waals surface area (Å²) in [6.45, 7) is 0. The van der Waals surface area contributed by atoms with Crippen LogP contribution in [0.1, 0.15) is 4.88 Å². The van der Waals surface area contributed by atoms with Gasteiger partial charge >= 0.3 is 0 Å². The fraction of sp³-hybridized carbons (Fsp3) is 0.0909. The number of hydrogen-bond acceptors (Lipinski definition) is 7. The molecule has 2 aromatic heterocycles. The third-order valence-electron chi connectivity index (χ3n) is 4.25. The highest BCUT2D eigenvalue weighted by Gasteiger charge is 2.17. The summed E-state index contributed by atoms with van der Waals surface area (Å²) in [5, 5.41) is 15.3. The van der Waals surface area contributed by atoms with E-state index in [1.54, 1.807) is 24.7 Å². The summed E-state index contributed by atoms with van der Waals surface area (Å²) in [7, 11) is 1.63. The van der Waals surface area contributed by atoms with E-state index in [-0.39, 0.29) is 11.7 Å². The lowest BCUT2D eigenvalue weighted by Crippen LogP contribution is -2.19. The van der Waals surface area contributed by atoms with Crippen molar-refractivity contribution in [3.63, 3.8) is 0 Å². The minimum absolute atomic E-state index is 0.158. The van der Waals surface area contributed by atoms with E-state index in [1.165, 1.54) is 11.8 Å². The highest BCUT2D eigenvalue weighted by molar-refractivity contribution is 7.99. The molecule has 0 aliphatic heterocycles.